The number of benzene rings is 2. The summed E-state index contributed by atoms with van der Waals surface area (Å²) in [7, 11) is 0. The van der Waals surface area contributed by atoms with Crippen molar-refractivity contribution in [2.75, 3.05) is 6.61 Å². The van der Waals surface area contributed by atoms with Crippen LogP contribution in [-0.4, -0.2) is 33.4 Å². The first-order valence-corrected chi connectivity index (χ1v) is 9.05. The summed E-state index contributed by atoms with van der Waals surface area (Å²) >= 11 is 3.40. The van der Waals surface area contributed by atoms with Crippen molar-refractivity contribution in [3.63, 3.8) is 0 Å². The minimum atomic E-state index is -1.04. The number of aryl methyl sites for hydroxylation is 1. The van der Waals surface area contributed by atoms with E-state index in [1.165, 1.54) is 10.7 Å². The van der Waals surface area contributed by atoms with Crippen LogP contribution >= 0.6 is 15.9 Å². The number of hydrogen-bond acceptors (Lipinski definition) is 4. The number of aromatic nitrogens is 2. The second-order valence-electron chi connectivity index (χ2n) is 5.89. The average molecular weight is 429 g/mol. The van der Waals surface area contributed by atoms with Gasteiger partial charge >= 0.3 is 11.9 Å². The van der Waals surface area contributed by atoms with E-state index in [1.54, 1.807) is 42.7 Å². The predicted octanol–water partition coefficient (Wildman–Crippen LogP) is 4.04. The molecule has 27 heavy (non-hydrogen) atoms. The van der Waals surface area contributed by atoms with Crippen LogP contribution in [0.3, 0.4) is 0 Å². The molecule has 0 spiro atoms. The van der Waals surface area contributed by atoms with Crippen LogP contribution in [0.25, 0.3) is 5.69 Å². The van der Waals surface area contributed by atoms with Crippen LogP contribution in [-0.2, 0) is 11.2 Å². The molecule has 7 heteroatoms. The molecule has 0 fully saturated rings. The number of ether oxygens (including phenoxy) is 1. The monoisotopic (exact) mass is 428 g/mol. The minimum Gasteiger partial charge on any atom is -0.478 e. The molecule has 0 saturated carbocycles. The normalized spacial score (nSPS) is 10.6. The number of hydrogen-bond donors (Lipinski definition) is 1. The molecular formula is C20H17BrN2O4. The van der Waals surface area contributed by atoms with Gasteiger partial charge in [-0.3, -0.25) is 0 Å². The number of carboxylic acids is 1. The van der Waals surface area contributed by atoms with Gasteiger partial charge < -0.3 is 9.84 Å². The summed E-state index contributed by atoms with van der Waals surface area (Å²) in [5.74, 6) is -1.47. The number of para-hydroxylation sites is 1. The number of carboxylic acid groups (broad SMARTS) is 1. The Balaban J connectivity index is 1.79. The van der Waals surface area contributed by atoms with Gasteiger partial charge in [-0.25, -0.2) is 14.3 Å². The van der Waals surface area contributed by atoms with E-state index >= 15 is 0 Å². The number of carbonyl (C=O) groups is 2. The highest BCUT2D eigenvalue weighted by molar-refractivity contribution is 9.10. The minimum absolute atomic E-state index is 0.122. The van der Waals surface area contributed by atoms with Gasteiger partial charge in [0.1, 0.15) is 0 Å². The fraction of sp³-hybridized carbons (Fsp3) is 0.150. The maximum atomic E-state index is 12.3. The Morgan fingerprint density at radius 3 is 2.59 bits per heavy atom. The number of aromatic carboxylic acids is 1. The first-order valence-electron chi connectivity index (χ1n) is 8.26. The number of carbonyl (C=O) groups excluding carboxylic acids is 1. The van der Waals surface area contributed by atoms with E-state index in [1.807, 2.05) is 13.0 Å². The second-order valence-corrected chi connectivity index (χ2v) is 6.68. The van der Waals surface area contributed by atoms with E-state index < -0.39 is 11.9 Å². The molecule has 6 nitrogen and oxygen atoms in total. The van der Waals surface area contributed by atoms with Crippen molar-refractivity contribution in [2.24, 2.45) is 0 Å². The van der Waals surface area contributed by atoms with Gasteiger partial charge in [0.05, 0.1) is 23.4 Å². The number of halogens is 1. The molecule has 0 aliphatic rings. The van der Waals surface area contributed by atoms with Gasteiger partial charge in [-0.2, -0.15) is 5.10 Å². The first-order chi connectivity index (χ1) is 13.0. The van der Waals surface area contributed by atoms with E-state index in [2.05, 4.69) is 21.0 Å². The van der Waals surface area contributed by atoms with E-state index in [0.29, 0.717) is 22.1 Å². The van der Waals surface area contributed by atoms with E-state index in [9.17, 15) is 14.7 Å². The maximum absolute atomic E-state index is 12.3. The Kier molecular flexibility index (Phi) is 5.71. The fourth-order valence-electron chi connectivity index (χ4n) is 2.77. The molecule has 138 valence electrons. The second kappa shape index (κ2) is 8.18. The van der Waals surface area contributed by atoms with E-state index in [4.69, 9.17) is 4.74 Å². The van der Waals surface area contributed by atoms with Crippen LogP contribution in [0.1, 0.15) is 31.8 Å². The third-order valence-electron chi connectivity index (χ3n) is 4.10. The summed E-state index contributed by atoms with van der Waals surface area (Å²) in [5, 5.41) is 13.6. The van der Waals surface area contributed by atoms with Gasteiger partial charge in [0, 0.05) is 23.3 Å². The Bertz CT molecular complexity index is 984. The van der Waals surface area contributed by atoms with Gasteiger partial charge in [0.15, 0.2) is 0 Å². The largest absolute Gasteiger partial charge is 0.478 e. The zero-order valence-electron chi connectivity index (χ0n) is 14.6. The topological polar surface area (TPSA) is 81.4 Å². The SMILES string of the molecule is Cc1cccc(C(=O)OCCc2cccc(C(=O)O)c2-n2cccn2)c1Br. The Morgan fingerprint density at radius 2 is 1.89 bits per heavy atom. The highest BCUT2D eigenvalue weighted by atomic mass is 79.9. The highest BCUT2D eigenvalue weighted by Crippen LogP contribution is 2.23. The molecule has 0 aliphatic carbocycles. The van der Waals surface area contributed by atoms with Gasteiger partial charge in [-0.05, 0) is 52.2 Å². The summed E-state index contributed by atoms with van der Waals surface area (Å²) in [6.07, 6.45) is 3.63. The lowest BCUT2D eigenvalue weighted by Gasteiger charge is -2.13. The van der Waals surface area contributed by atoms with E-state index in [-0.39, 0.29) is 12.2 Å². The standard InChI is InChI=1S/C20H17BrN2O4/c1-13-5-2-7-15(17(13)21)20(26)27-12-9-14-6-3-8-16(19(24)25)18(14)23-11-4-10-22-23/h2-8,10-11H,9,12H2,1H3,(H,24,25). The van der Waals surface area contributed by atoms with E-state index in [0.717, 1.165) is 11.1 Å². The molecule has 0 amide bonds. The lowest BCUT2D eigenvalue weighted by Crippen LogP contribution is -2.13. The number of esters is 1. The molecule has 0 radical (unpaired) electrons. The molecule has 1 N–H and O–H groups in total. The van der Waals surface area contributed by atoms with Crippen LogP contribution < -0.4 is 0 Å². The Morgan fingerprint density at radius 1 is 1.15 bits per heavy atom. The van der Waals surface area contributed by atoms with Crippen LogP contribution in [0.2, 0.25) is 0 Å². The lowest BCUT2D eigenvalue weighted by molar-refractivity contribution is 0.0507. The van der Waals surface area contributed by atoms with Crippen molar-refractivity contribution in [1.82, 2.24) is 9.78 Å². The summed E-state index contributed by atoms with van der Waals surface area (Å²) in [6, 6.07) is 12.1. The molecule has 0 aliphatic heterocycles. The Labute approximate surface area is 164 Å². The van der Waals surface area contributed by atoms with Crippen LogP contribution in [0.15, 0.2) is 59.3 Å². The lowest BCUT2D eigenvalue weighted by atomic mass is 10.0. The predicted molar refractivity (Wildman–Crippen MR) is 103 cm³/mol. The van der Waals surface area contributed by atoms with Crippen molar-refractivity contribution in [3.8, 4) is 5.69 Å². The maximum Gasteiger partial charge on any atom is 0.339 e. The van der Waals surface area contributed by atoms with Crippen molar-refractivity contribution < 1.29 is 19.4 Å². The molecule has 3 rings (SSSR count). The highest BCUT2D eigenvalue weighted by Gasteiger charge is 2.17. The van der Waals surface area contributed by atoms with Gasteiger partial charge in [-0.15, -0.1) is 0 Å². The van der Waals surface area contributed by atoms with Crippen LogP contribution in [0.4, 0.5) is 0 Å². The molecule has 3 aromatic rings. The van der Waals surface area contributed by atoms with Crippen molar-refractivity contribution in [2.45, 2.75) is 13.3 Å². The summed E-state index contributed by atoms with van der Waals surface area (Å²) in [5.41, 5.74) is 2.75. The third kappa shape index (κ3) is 4.09. The first kappa shape index (κ1) is 18.8. The molecule has 1 aromatic heterocycles. The summed E-state index contributed by atoms with van der Waals surface area (Å²) in [6.45, 7) is 2.02. The average Bonchev–Trinajstić information content (AvgIpc) is 3.18. The molecule has 0 bridgehead atoms. The van der Waals surface area contributed by atoms with Crippen LogP contribution in [0, 0.1) is 6.92 Å². The smallest absolute Gasteiger partial charge is 0.339 e. The van der Waals surface area contributed by atoms with Gasteiger partial charge in [-0.1, -0.05) is 24.3 Å². The van der Waals surface area contributed by atoms with Crippen molar-refractivity contribution in [3.05, 3.63) is 81.6 Å². The number of nitrogens with zero attached hydrogens (tertiary/aromatic N) is 2. The fourth-order valence-corrected chi connectivity index (χ4v) is 3.20. The molecule has 0 atom stereocenters. The molecule has 1 heterocycles. The summed E-state index contributed by atoms with van der Waals surface area (Å²) in [4.78, 5) is 23.9. The Hall–Kier alpha value is -2.93. The zero-order valence-corrected chi connectivity index (χ0v) is 16.1. The molecular weight excluding hydrogens is 412 g/mol. The molecule has 2 aromatic carbocycles. The third-order valence-corrected chi connectivity index (χ3v) is 5.15. The van der Waals surface area contributed by atoms with Gasteiger partial charge in [0.2, 0.25) is 0 Å². The van der Waals surface area contributed by atoms with Crippen LogP contribution in [0.5, 0.6) is 0 Å². The molecule has 0 saturated heterocycles. The zero-order chi connectivity index (χ0) is 19.4. The summed E-state index contributed by atoms with van der Waals surface area (Å²) < 4.78 is 7.61. The molecule has 0 unspecified atom stereocenters. The quantitative estimate of drug-likeness (QED) is 0.599. The van der Waals surface area contributed by atoms with Crippen molar-refractivity contribution >= 4 is 27.9 Å². The van der Waals surface area contributed by atoms with Crippen molar-refractivity contribution in [1.29, 1.82) is 0 Å². The van der Waals surface area contributed by atoms with Gasteiger partial charge in [0.25, 0.3) is 0 Å². The number of rotatable bonds is 6.